The van der Waals surface area contributed by atoms with Crippen LogP contribution in [0.1, 0.15) is 22.8 Å². The summed E-state index contributed by atoms with van der Waals surface area (Å²) >= 11 is 0. The van der Waals surface area contributed by atoms with Gasteiger partial charge in [0.15, 0.2) is 0 Å². The van der Waals surface area contributed by atoms with Crippen LogP contribution in [0.2, 0.25) is 0 Å². The lowest BCUT2D eigenvalue weighted by Crippen LogP contribution is -2.18. The van der Waals surface area contributed by atoms with Crippen LogP contribution in [0.25, 0.3) is 6.08 Å². The molecule has 0 fully saturated rings. The van der Waals surface area contributed by atoms with Gasteiger partial charge in [-0.05, 0) is 36.8 Å². The predicted octanol–water partition coefficient (Wildman–Crippen LogP) is 4.20. The van der Waals surface area contributed by atoms with Crippen molar-refractivity contribution in [3.63, 3.8) is 0 Å². The molecule has 4 heteroatoms. The van der Waals surface area contributed by atoms with E-state index in [1.807, 2.05) is 48.6 Å². The second-order valence-corrected chi connectivity index (χ2v) is 4.83. The first-order valence-electron chi connectivity index (χ1n) is 7.15. The number of nitrogens with zero attached hydrogens (tertiary/aromatic N) is 1. The maximum Gasteiger partial charge on any atom is 0.271 e. The Kier molecular flexibility index (Phi) is 6.00. The van der Waals surface area contributed by atoms with Crippen molar-refractivity contribution in [3.05, 3.63) is 89.8 Å². The highest BCUT2D eigenvalue weighted by Crippen LogP contribution is 2.03. The molecule has 2 rings (SSSR count). The number of carbonyl (C=O) groups excluding carboxylic acids is 1. The Labute approximate surface area is 134 Å². The number of benzene rings is 2. The van der Waals surface area contributed by atoms with Gasteiger partial charge < -0.3 is 0 Å². The van der Waals surface area contributed by atoms with Crippen molar-refractivity contribution in [1.82, 2.24) is 5.43 Å². The normalized spacial score (nSPS) is 12.0. The summed E-state index contributed by atoms with van der Waals surface area (Å²) in [6.07, 6.45) is 7.46. The smallest absolute Gasteiger partial charge is 0.267 e. The minimum atomic E-state index is -0.454. The van der Waals surface area contributed by atoms with Gasteiger partial charge in [0, 0.05) is 5.56 Å². The van der Waals surface area contributed by atoms with Crippen molar-refractivity contribution < 1.29 is 9.18 Å². The van der Waals surface area contributed by atoms with Gasteiger partial charge in [0.05, 0.1) is 5.71 Å². The SMILES string of the molecule is CC(C=CC=Cc1ccccc1)=NNC(=O)c1cccc(F)c1. The fourth-order valence-electron chi connectivity index (χ4n) is 1.80. The maximum atomic E-state index is 13.0. The third-order valence-electron chi connectivity index (χ3n) is 2.96. The molecule has 1 amide bonds. The van der Waals surface area contributed by atoms with Gasteiger partial charge in [0.1, 0.15) is 5.82 Å². The van der Waals surface area contributed by atoms with Gasteiger partial charge in [-0.3, -0.25) is 4.79 Å². The second-order valence-electron chi connectivity index (χ2n) is 4.83. The van der Waals surface area contributed by atoms with E-state index in [1.54, 1.807) is 13.0 Å². The third-order valence-corrected chi connectivity index (χ3v) is 2.96. The lowest BCUT2D eigenvalue weighted by atomic mass is 10.2. The molecule has 0 bridgehead atoms. The maximum absolute atomic E-state index is 13.0. The van der Waals surface area contributed by atoms with E-state index in [0.29, 0.717) is 5.71 Å². The number of nitrogens with one attached hydrogen (secondary N) is 1. The Morgan fingerprint density at radius 2 is 1.87 bits per heavy atom. The fraction of sp³-hybridized carbons (Fsp3) is 0.0526. The molecule has 116 valence electrons. The highest BCUT2D eigenvalue weighted by molar-refractivity contribution is 5.97. The van der Waals surface area contributed by atoms with Gasteiger partial charge in [-0.25, -0.2) is 9.82 Å². The molecule has 0 saturated carbocycles. The summed E-state index contributed by atoms with van der Waals surface area (Å²) in [4.78, 5) is 11.8. The van der Waals surface area contributed by atoms with Crippen molar-refractivity contribution in [2.75, 3.05) is 0 Å². The highest BCUT2D eigenvalue weighted by Gasteiger charge is 2.04. The number of hydrazone groups is 1. The molecule has 1 N–H and O–H groups in total. The topological polar surface area (TPSA) is 41.5 Å². The van der Waals surface area contributed by atoms with Crippen molar-refractivity contribution in [2.24, 2.45) is 5.10 Å². The monoisotopic (exact) mass is 308 g/mol. The molecule has 0 aliphatic heterocycles. The molecule has 0 heterocycles. The average Bonchev–Trinajstić information content (AvgIpc) is 2.57. The van der Waals surface area contributed by atoms with Crippen LogP contribution in [0, 0.1) is 5.82 Å². The molecule has 3 nitrogen and oxygen atoms in total. The summed E-state index contributed by atoms with van der Waals surface area (Å²) in [6.45, 7) is 1.76. The van der Waals surface area contributed by atoms with Gasteiger partial charge >= 0.3 is 0 Å². The molecule has 0 unspecified atom stereocenters. The minimum Gasteiger partial charge on any atom is -0.267 e. The van der Waals surface area contributed by atoms with Gasteiger partial charge in [-0.2, -0.15) is 5.10 Å². The molecule has 23 heavy (non-hydrogen) atoms. The quantitative estimate of drug-likeness (QED) is 0.502. The number of carbonyl (C=O) groups is 1. The molecular weight excluding hydrogens is 291 g/mol. The van der Waals surface area contributed by atoms with Crippen LogP contribution in [0.3, 0.4) is 0 Å². The number of allylic oxidation sites excluding steroid dienone is 3. The molecule has 2 aromatic carbocycles. The minimum absolute atomic E-state index is 0.231. The van der Waals surface area contributed by atoms with Crippen molar-refractivity contribution in [2.45, 2.75) is 6.92 Å². The first-order chi connectivity index (χ1) is 11.1. The summed E-state index contributed by atoms with van der Waals surface area (Å²) in [6, 6.07) is 15.4. The molecule has 0 saturated heterocycles. The van der Waals surface area contributed by atoms with Crippen molar-refractivity contribution in [1.29, 1.82) is 0 Å². The summed E-state index contributed by atoms with van der Waals surface area (Å²) in [7, 11) is 0. The first kappa shape index (κ1) is 16.4. The molecule has 0 radical (unpaired) electrons. The van der Waals surface area contributed by atoms with Crippen LogP contribution < -0.4 is 5.43 Å². The van der Waals surface area contributed by atoms with E-state index in [4.69, 9.17) is 0 Å². The Balaban J connectivity index is 1.89. The van der Waals surface area contributed by atoms with Gasteiger partial charge in [-0.15, -0.1) is 0 Å². The molecular formula is C19H17FN2O. The van der Waals surface area contributed by atoms with Gasteiger partial charge in [-0.1, -0.05) is 54.6 Å². The summed E-state index contributed by atoms with van der Waals surface area (Å²) in [5.74, 6) is -0.902. The lowest BCUT2D eigenvalue weighted by Gasteiger charge is -2.00. The van der Waals surface area contributed by atoms with Crippen molar-refractivity contribution >= 4 is 17.7 Å². The van der Waals surface area contributed by atoms with E-state index in [2.05, 4.69) is 10.5 Å². The third kappa shape index (κ3) is 5.71. The van der Waals surface area contributed by atoms with E-state index >= 15 is 0 Å². The molecule has 0 spiro atoms. The lowest BCUT2D eigenvalue weighted by molar-refractivity contribution is 0.0954. The van der Waals surface area contributed by atoms with E-state index in [-0.39, 0.29) is 5.56 Å². The van der Waals surface area contributed by atoms with E-state index in [9.17, 15) is 9.18 Å². The largest absolute Gasteiger partial charge is 0.271 e. The zero-order chi connectivity index (χ0) is 16.5. The number of hydrogen-bond donors (Lipinski definition) is 1. The Bertz CT molecular complexity index is 749. The van der Waals surface area contributed by atoms with Crippen LogP contribution in [0.15, 0.2) is 77.9 Å². The summed E-state index contributed by atoms with van der Waals surface area (Å²) in [5.41, 5.74) is 4.36. The fourth-order valence-corrected chi connectivity index (χ4v) is 1.80. The number of hydrogen-bond acceptors (Lipinski definition) is 2. The molecule has 0 aliphatic rings. The molecule has 0 aliphatic carbocycles. The van der Waals surface area contributed by atoms with Gasteiger partial charge in [0.25, 0.3) is 5.91 Å². The van der Waals surface area contributed by atoms with Gasteiger partial charge in [0.2, 0.25) is 0 Å². The Hall–Kier alpha value is -3.01. The van der Waals surface area contributed by atoms with Crippen LogP contribution >= 0.6 is 0 Å². The summed E-state index contributed by atoms with van der Waals surface area (Å²) < 4.78 is 13.0. The second kappa shape index (κ2) is 8.44. The van der Waals surface area contributed by atoms with Crippen LogP contribution in [0.4, 0.5) is 4.39 Å². The van der Waals surface area contributed by atoms with E-state index in [0.717, 1.165) is 5.56 Å². The average molecular weight is 308 g/mol. The molecule has 0 aromatic heterocycles. The predicted molar refractivity (Wildman–Crippen MR) is 91.6 cm³/mol. The summed E-state index contributed by atoms with van der Waals surface area (Å²) in [5, 5.41) is 3.95. The zero-order valence-corrected chi connectivity index (χ0v) is 12.7. The number of rotatable bonds is 5. The zero-order valence-electron chi connectivity index (χ0n) is 12.7. The Morgan fingerprint density at radius 1 is 1.09 bits per heavy atom. The standard InChI is InChI=1S/C19H17FN2O/c1-15(8-5-6-11-16-9-3-2-4-10-16)21-22-19(23)17-12-7-13-18(20)14-17/h2-14H,1H3,(H,22,23). The number of halogens is 1. The van der Waals surface area contributed by atoms with E-state index < -0.39 is 11.7 Å². The highest BCUT2D eigenvalue weighted by atomic mass is 19.1. The first-order valence-corrected chi connectivity index (χ1v) is 7.15. The van der Waals surface area contributed by atoms with Crippen LogP contribution in [-0.4, -0.2) is 11.6 Å². The van der Waals surface area contributed by atoms with E-state index in [1.165, 1.54) is 24.3 Å². The molecule has 2 aromatic rings. The van der Waals surface area contributed by atoms with Crippen molar-refractivity contribution in [3.8, 4) is 0 Å². The molecule has 0 atom stereocenters. The number of amides is 1. The van der Waals surface area contributed by atoms with Crippen LogP contribution in [0.5, 0.6) is 0 Å². The Morgan fingerprint density at radius 3 is 2.61 bits per heavy atom. The van der Waals surface area contributed by atoms with Crippen LogP contribution in [-0.2, 0) is 0 Å².